The van der Waals surface area contributed by atoms with Gasteiger partial charge in [0.05, 0.1) is 6.10 Å². The zero-order valence-electron chi connectivity index (χ0n) is 20.9. The van der Waals surface area contributed by atoms with Crippen molar-refractivity contribution in [2.75, 3.05) is 0 Å². The molecule has 4 aliphatic carbocycles. The quantitative estimate of drug-likeness (QED) is 0.454. The number of aliphatic hydroxyl groups is 1. The molecule has 4 fully saturated rings. The second-order valence-electron chi connectivity index (χ2n) is 12.9. The van der Waals surface area contributed by atoms with Crippen molar-refractivity contribution in [2.45, 2.75) is 112 Å². The summed E-state index contributed by atoms with van der Waals surface area (Å²) >= 11 is 0. The Kier molecular flexibility index (Phi) is 6.53. The Morgan fingerprint density at radius 2 is 1.57 bits per heavy atom. The Labute approximate surface area is 187 Å². The highest BCUT2D eigenvalue weighted by molar-refractivity contribution is 5.11. The van der Waals surface area contributed by atoms with Gasteiger partial charge in [-0.05, 0) is 122 Å². The molecule has 1 N–H and O–H groups in total. The molecule has 0 spiro atoms. The third kappa shape index (κ3) is 3.74. The Hall–Kier alpha value is -0.300. The average Bonchev–Trinajstić information content (AvgIpc) is 3.06. The maximum atomic E-state index is 10.3. The largest absolute Gasteiger partial charge is 0.393 e. The van der Waals surface area contributed by atoms with Gasteiger partial charge in [-0.15, -0.1) is 0 Å². The molecule has 0 amide bonds. The normalized spacial score (nSPS) is 48.3. The lowest BCUT2D eigenvalue weighted by Crippen LogP contribution is -2.54. The Morgan fingerprint density at radius 3 is 2.27 bits per heavy atom. The van der Waals surface area contributed by atoms with Crippen molar-refractivity contribution in [2.24, 2.45) is 58.2 Å². The van der Waals surface area contributed by atoms with Gasteiger partial charge in [0.2, 0.25) is 0 Å². The third-order valence-electron chi connectivity index (χ3n) is 11.3. The highest BCUT2D eigenvalue weighted by Crippen LogP contribution is 2.68. The van der Waals surface area contributed by atoms with E-state index in [1.807, 2.05) is 0 Å². The molecular formula is C29H50O. The minimum Gasteiger partial charge on any atom is -0.393 e. The summed E-state index contributed by atoms with van der Waals surface area (Å²) in [6.07, 6.45) is 18.5. The van der Waals surface area contributed by atoms with Gasteiger partial charge >= 0.3 is 0 Å². The van der Waals surface area contributed by atoms with Crippen LogP contribution in [0.2, 0.25) is 0 Å². The van der Waals surface area contributed by atoms with E-state index in [0.29, 0.717) is 10.8 Å². The minimum atomic E-state index is -0.0187. The molecule has 4 aliphatic rings. The zero-order chi connectivity index (χ0) is 21.7. The lowest BCUT2D eigenvalue weighted by molar-refractivity contribution is -0.128. The minimum absolute atomic E-state index is 0.0187. The molecule has 0 saturated heterocycles. The molecule has 172 valence electrons. The molecule has 1 nitrogen and oxygen atoms in total. The monoisotopic (exact) mass is 414 g/mol. The predicted octanol–water partition coefficient (Wildman–Crippen LogP) is 7.88. The summed E-state index contributed by atoms with van der Waals surface area (Å²) in [4.78, 5) is 0. The van der Waals surface area contributed by atoms with Crippen LogP contribution in [0.5, 0.6) is 0 Å². The summed E-state index contributed by atoms with van der Waals surface area (Å²) in [5, 5.41) is 10.3. The van der Waals surface area contributed by atoms with Crippen molar-refractivity contribution in [3.8, 4) is 0 Å². The molecule has 4 saturated carbocycles. The molecule has 10 atom stereocenters. The molecule has 4 rings (SSSR count). The van der Waals surface area contributed by atoms with E-state index in [1.165, 1.54) is 51.4 Å². The maximum Gasteiger partial charge on any atom is 0.0543 e. The van der Waals surface area contributed by atoms with E-state index in [9.17, 15) is 5.11 Å². The molecule has 1 heteroatoms. The maximum absolute atomic E-state index is 10.3. The molecule has 0 bridgehead atoms. The number of aliphatic hydroxyl groups excluding tert-OH is 1. The summed E-state index contributed by atoms with van der Waals surface area (Å²) in [6.45, 7) is 14.9. The zero-order valence-corrected chi connectivity index (χ0v) is 20.9. The summed E-state index contributed by atoms with van der Waals surface area (Å²) < 4.78 is 0. The lowest BCUT2D eigenvalue weighted by Gasteiger charge is -2.61. The van der Waals surface area contributed by atoms with Crippen LogP contribution in [-0.2, 0) is 0 Å². The summed E-state index contributed by atoms with van der Waals surface area (Å²) in [6, 6.07) is 0. The molecule has 30 heavy (non-hydrogen) atoms. The van der Waals surface area contributed by atoms with E-state index in [1.54, 1.807) is 0 Å². The Bertz CT molecular complexity index is 622. The van der Waals surface area contributed by atoms with E-state index in [4.69, 9.17) is 0 Å². The van der Waals surface area contributed by atoms with Gasteiger partial charge < -0.3 is 5.11 Å². The standard InChI is InChI=1S/C29H50O/c1-7-21(19(2)3)9-8-20(4)25-12-13-26-24-11-10-22-18-23(30)14-16-28(22,5)27(24)15-17-29(25,26)6/h8-9,19-27,30H,7,10-18H2,1-6H3/b9-8+/t20-,21+,22+,23+,24-,25-,26+,27-,28-,29-/m0/s1. The fourth-order valence-electron chi connectivity index (χ4n) is 9.42. The first-order valence-electron chi connectivity index (χ1n) is 13.6. The smallest absolute Gasteiger partial charge is 0.0543 e. The van der Waals surface area contributed by atoms with Crippen molar-refractivity contribution in [1.82, 2.24) is 0 Å². The highest BCUT2D eigenvalue weighted by Gasteiger charge is 2.60. The van der Waals surface area contributed by atoms with Crippen molar-refractivity contribution in [3.63, 3.8) is 0 Å². The molecule has 0 unspecified atom stereocenters. The molecule has 0 aromatic rings. The van der Waals surface area contributed by atoms with Crippen molar-refractivity contribution in [3.05, 3.63) is 12.2 Å². The first-order chi connectivity index (χ1) is 14.2. The van der Waals surface area contributed by atoms with Crippen LogP contribution in [0.3, 0.4) is 0 Å². The summed E-state index contributed by atoms with van der Waals surface area (Å²) in [5.41, 5.74) is 1.07. The molecule has 0 aromatic heterocycles. The van der Waals surface area contributed by atoms with Crippen LogP contribution >= 0.6 is 0 Å². The fraction of sp³-hybridized carbons (Fsp3) is 0.931. The van der Waals surface area contributed by atoms with Gasteiger partial charge in [-0.3, -0.25) is 0 Å². The van der Waals surface area contributed by atoms with Gasteiger partial charge in [0.25, 0.3) is 0 Å². The second-order valence-corrected chi connectivity index (χ2v) is 12.9. The third-order valence-corrected chi connectivity index (χ3v) is 11.3. The van der Waals surface area contributed by atoms with Crippen LogP contribution in [0.4, 0.5) is 0 Å². The fourth-order valence-corrected chi connectivity index (χ4v) is 9.42. The molecule has 0 radical (unpaired) electrons. The van der Waals surface area contributed by atoms with E-state index in [2.05, 4.69) is 53.7 Å². The Morgan fingerprint density at radius 1 is 0.867 bits per heavy atom. The van der Waals surface area contributed by atoms with Gasteiger partial charge in [0.15, 0.2) is 0 Å². The van der Waals surface area contributed by atoms with Gasteiger partial charge in [-0.25, -0.2) is 0 Å². The van der Waals surface area contributed by atoms with E-state index in [-0.39, 0.29) is 6.10 Å². The second kappa shape index (κ2) is 8.57. The topological polar surface area (TPSA) is 20.2 Å². The Balaban J connectivity index is 1.49. The number of hydrogen-bond acceptors (Lipinski definition) is 1. The molecule has 0 aromatic carbocycles. The van der Waals surface area contributed by atoms with Crippen LogP contribution in [0.1, 0.15) is 106 Å². The van der Waals surface area contributed by atoms with Gasteiger partial charge in [0.1, 0.15) is 0 Å². The van der Waals surface area contributed by atoms with Gasteiger partial charge in [-0.2, -0.15) is 0 Å². The van der Waals surface area contributed by atoms with Gasteiger partial charge in [0, 0.05) is 0 Å². The van der Waals surface area contributed by atoms with E-state index < -0.39 is 0 Å². The van der Waals surface area contributed by atoms with E-state index >= 15 is 0 Å². The van der Waals surface area contributed by atoms with Crippen molar-refractivity contribution < 1.29 is 5.11 Å². The summed E-state index contributed by atoms with van der Waals surface area (Å²) in [5.74, 6) is 6.72. The SMILES string of the molecule is CC[C@H](/C=C/[C@H](C)[C@@H]1CC[C@@H]2[C@@H]3CC[C@@H]4C[C@H](O)CC[C@]4(C)[C@H]3CC[C@]21C)C(C)C. The van der Waals surface area contributed by atoms with Crippen LogP contribution in [0.15, 0.2) is 12.2 Å². The molecule has 0 heterocycles. The number of rotatable bonds is 5. The number of fused-ring (bicyclic) bond motifs is 5. The van der Waals surface area contributed by atoms with Crippen molar-refractivity contribution >= 4 is 0 Å². The van der Waals surface area contributed by atoms with Crippen molar-refractivity contribution in [1.29, 1.82) is 0 Å². The lowest BCUT2D eigenvalue weighted by atomic mass is 9.44. The molecule has 0 aliphatic heterocycles. The van der Waals surface area contributed by atoms with Crippen LogP contribution < -0.4 is 0 Å². The van der Waals surface area contributed by atoms with Crippen LogP contribution in [-0.4, -0.2) is 11.2 Å². The number of allylic oxidation sites excluding steroid dienone is 2. The van der Waals surface area contributed by atoms with Gasteiger partial charge in [-0.1, -0.05) is 53.7 Å². The van der Waals surface area contributed by atoms with Crippen LogP contribution in [0.25, 0.3) is 0 Å². The molecular weight excluding hydrogens is 364 g/mol. The number of hydrogen-bond donors (Lipinski definition) is 1. The summed E-state index contributed by atoms with van der Waals surface area (Å²) in [7, 11) is 0. The first-order valence-corrected chi connectivity index (χ1v) is 13.6. The predicted molar refractivity (Wildman–Crippen MR) is 128 cm³/mol. The van der Waals surface area contributed by atoms with Crippen LogP contribution in [0, 0.1) is 58.2 Å². The average molecular weight is 415 g/mol. The van der Waals surface area contributed by atoms with E-state index in [0.717, 1.165) is 60.2 Å². The highest BCUT2D eigenvalue weighted by atomic mass is 16.3. The first kappa shape index (κ1) is 22.9.